The average Bonchev–Trinajstić information content (AvgIpc) is 3.19. The Kier molecular flexibility index (Phi) is 7.35. The summed E-state index contributed by atoms with van der Waals surface area (Å²) < 4.78 is 7.84. The minimum atomic E-state index is -0.453. The molecule has 206 valence electrons. The average molecular weight is 525 g/mol. The van der Waals surface area contributed by atoms with Crippen LogP contribution in [0.25, 0.3) is 11.0 Å². The van der Waals surface area contributed by atoms with Gasteiger partial charge in [0.15, 0.2) is 0 Å². The molecule has 1 N–H and O–H groups in total. The Morgan fingerprint density at radius 3 is 2.45 bits per heavy atom. The second-order valence-electron chi connectivity index (χ2n) is 12.0. The fraction of sp³-hybridized carbons (Fsp3) is 0.643. The number of likely N-dealkylation sites (tertiary alicyclic amines) is 2. The highest BCUT2D eigenvalue weighted by atomic mass is 16.6. The second-order valence-corrected chi connectivity index (χ2v) is 12.0. The first-order chi connectivity index (χ1) is 18.1. The number of rotatable bonds is 4. The van der Waals surface area contributed by atoms with E-state index in [-0.39, 0.29) is 18.0 Å². The number of pyridine rings is 1. The number of piperidine rings is 2. The zero-order valence-electron chi connectivity index (χ0n) is 23.0. The highest BCUT2D eigenvalue weighted by molar-refractivity contribution is 6.06. The minimum absolute atomic E-state index is 0.193. The molecule has 38 heavy (non-hydrogen) atoms. The molecule has 5 heterocycles. The molecule has 0 spiro atoms. The number of hydrogen-bond acceptors (Lipinski definition) is 6. The van der Waals surface area contributed by atoms with Crippen LogP contribution in [-0.2, 0) is 9.53 Å². The largest absolute Gasteiger partial charge is 0.444 e. The maximum atomic E-state index is 12.4. The van der Waals surface area contributed by atoms with E-state index in [9.17, 15) is 14.4 Å². The van der Waals surface area contributed by atoms with Crippen LogP contribution in [0.1, 0.15) is 64.5 Å². The Balaban J connectivity index is 1.15. The van der Waals surface area contributed by atoms with Gasteiger partial charge in [0.2, 0.25) is 5.91 Å². The molecular weight excluding hydrogens is 484 g/mol. The summed E-state index contributed by atoms with van der Waals surface area (Å²) in [7, 11) is 0. The summed E-state index contributed by atoms with van der Waals surface area (Å²) in [4.78, 5) is 46.9. The molecule has 0 atom stereocenters. The topological polar surface area (TPSA) is 100 Å². The van der Waals surface area contributed by atoms with Gasteiger partial charge >= 0.3 is 12.1 Å². The van der Waals surface area contributed by atoms with Gasteiger partial charge in [-0.25, -0.2) is 14.6 Å². The zero-order chi connectivity index (χ0) is 27.0. The summed E-state index contributed by atoms with van der Waals surface area (Å²) >= 11 is 0. The lowest BCUT2D eigenvalue weighted by atomic mass is 9.95. The predicted octanol–water partition coefficient (Wildman–Crippen LogP) is 4.08. The maximum absolute atomic E-state index is 12.4. The monoisotopic (exact) mass is 524 g/mol. The number of carbonyl (C=O) groups excluding carboxylic acids is 3. The molecule has 10 nitrogen and oxygen atoms in total. The van der Waals surface area contributed by atoms with E-state index in [1.165, 1.54) is 0 Å². The van der Waals surface area contributed by atoms with Crippen molar-refractivity contribution >= 4 is 34.8 Å². The van der Waals surface area contributed by atoms with Crippen molar-refractivity contribution in [2.45, 2.75) is 71.4 Å². The minimum Gasteiger partial charge on any atom is -0.444 e. The number of carbonyl (C=O) groups is 3. The first-order valence-electron chi connectivity index (χ1n) is 13.9. The van der Waals surface area contributed by atoms with Crippen LogP contribution in [0, 0.1) is 12.8 Å². The molecule has 0 bridgehead atoms. The molecule has 0 aliphatic carbocycles. The van der Waals surface area contributed by atoms with E-state index < -0.39 is 5.60 Å². The van der Waals surface area contributed by atoms with Crippen molar-refractivity contribution in [3.8, 4) is 0 Å². The smallest absolute Gasteiger partial charge is 0.410 e. The normalized spacial score (nSPS) is 20.7. The Labute approximate surface area is 224 Å². The molecule has 3 fully saturated rings. The van der Waals surface area contributed by atoms with Crippen molar-refractivity contribution in [1.29, 1.82) is 0 Å². The van der Waals surface area contributed by atoms with Crippen LogP contribution >= 0.6 is 0 Å². The van der Waals surface area contributed by atoms with Gasteiger partial charge in [-0.1, -0.05) is 0 Å². The molecule has 2 aromatic heterocycles. The van der Waals surface area contributed by atoms with E-state index in [2.05, 4.69) is 27.9 Å². The number of anilines is 1. The van der Waals surface area contributed by atoms with E-state index in [1.807, 2.05) is 31.7 Å². The highest BCUT2D eigenvalue weighted by Gasteiger charge is 2.30. The zero-order valence-corrected chi connectivity index (χ0v) is 23.0. The Morgan fingerprint density at radius 1 is 1.08 bits per heavy atom. The number of nitrogens with one attached hydrogen (secondary N) is 1. The number of ether oxygens (including phenoxy) is 1. The number of aromatic nitrogens is 2. The van der Waals surface area contributed by atoms with E-state index in [0.717, 1.165) is 80.7 Å². The number of fused-ring (bicyclic) bond motifs is 1. The van der Waals surface area contributed by atoms with Crippen LogP contribution in [0.3, 0.4) is 0 Å². The molecule has 2 aromatic rings. The molecule has 4 amide bonds. The van der Waals surface area contributed by atoms with Crippen molar-refractivity contribution in [1.82, 2.24) is 24.7 Å². The third kappa shape index (κ3) is 5.80. The molecular formula is C28H40N6O4. The van der Waals surface area contributed by atoms with Gasteiger partial charge < -0.3 is 19.1 Å². The van der Waals surface area contributed by atoms with Crippen LogP contribution in [0.15, 0.2) is 18.5 Å². The number of urea groups is 1. The summed E-state index contributed by atoms with van der Waals surface area (Å²) in [5.74, 6) is 0.377. The van der Waals surface area contributed by atoms with Gasteiger partial charge in [0, 0.05) is 63.3 Å². The van der Waals surface area contributed by atoms with Crippen molar-refractivity contribution in [3.63, 3.8) is 0 Å². The standard InChI is InChI=1S/C28H40N6O4/c1-19-17-34(25-23(19)15-22(16-29-25)33-14-9-24(35)30-26(33)36)21-7-10-31(11-8-21)18-20-5-12-32(13-6-20)27(37)38-28(2,3)4/h15-17,20-21H,5-14,18H2,1-4H3,(H,30,35,36). The quantitative estimate of drug-likeness (QED) is 0.647. The summed E-state index contributed by atoms with van der Waals surface area (Å²) in [6, 6.07) is 2.02. The summed E-state index contributed by atoms with van der Waals surface area (Å²) in [5, 5.41) is 3.43. The fourth-order valence-corrected chi connectivity index (χ4v) is 5.89. The van der Waals surface area contributed by atoms with Crippen molar-refractivity contribution in [2.75, 3.05) is 44.2 Å². The van der Waals surface area contributed by atoms with Crippen molar-refractivity contribution in [2.24, 2.45) is 5.92 Å². The van der Waals surface area contributed by atoms with Crippen molar-refractivity contribution < 1.29 is 19.1 Å². The number of aryl methyl sites for hydroxylation is 1. The Hall–Kier alpha value is -3.14. The Bertz CT molecular complexity index is 1200. The van der Waals surface area contributed by atoms with Gasteiger partial charge in [0.1, 0.15) is 11.2 Å². The van der Waals surface area contributed by atoms with Crippen LogP contribution in [0.2, 0.25) is 0 Å². The maximum Gasteiger partial charge on any atom is 0.410 e. The van der Waals surface area contributed by atoms with E-state index in [4.69, 9.17) is 9.72 Å². The lowest BCUT2D eigenvalue weighted by molar-refractivity contribution is -0.120. The number of nitrogens with zero attached hydrogens (tertiary/aromatic N) is 5. The number of hydrogen-bond donors (Lipinski definition) is 1. The third-order valence-electron chi connectivity index (χ3n) is 7.95. The molecule has 3 saturated heterocycles. The summed E-state index contributed by atoms with van der Waals surface area (Å²) in [5.41, 5.74) is 2.36. The van der Waals surface area contributed by atoms with Gasteiger partial charge in [-0.2, -0.15) is 0 Å². The van der Waals surface area contributed by atoms with Crippen LogP contribution in [0.4, 0.5) is 15.3 Å². The SMILES string of the molecule is Cc1cn(C2CCN(CC3CCN(C(=O)OC(C)(C)C)CC3)CC2)c2ncc(N3CCC(=O)NC3=O)cc12. The summed E-state index contributed by atoms with van der Waals surface area (Å²) in [6.07, 6.45) is 8.22. The van der Waals surface area contributed by atoms with Gasteiger partial charge in [-0.05, 0) is 70.9 Å². The van der Waals surface area contributed by atoms with Gasteiger partial charge in [-0.15, -0.1) is 0 Å². The highest BCUT2D eigenvalue weighted by Crippen LogP contribution is 2.32. The van der Waals surface area contributed by atoms with Gasteiger partial charge in [-0.3, -0.25) is 15.0 Å². The van der Waals surface area contributed by atoms with Crippen molar-refractivity contribution in [3.05, 3.63) is 24.0 Å². The molecule has 0 saturated carbocycles. The molecule has 10 heteroatoms. The first kappa shape index (κ1) is 26.5. The lowest BCUT2D eigenvalue weighted by Gasteiger charge is -2.38. The third-order valence-corrected chi connectivity index (χ3v) is 7.95. The van der Waals surface area contributed by atoms with Gasteiger partial charge in [0.05, 0.1) is 11.9 Å². The first-order valence-corrected chi connectivity index (χ1v) is 13.9. The predicted molar refractivity (Wildman–Crippen MR) is 145 cm³/mol. The number of imide groups is 1. The van der Waals surface area contributed by atoms with Crippen LogP contribution in [-0.4, -0.2) is 82.3 Å². The molecule has 3 aliphatic rings. The van der Waals surface area contributed by atoms with E-state index in [1.54, 1.807) is 11.1 Å². The lowest BCUT2D eigenvalue weighted by Crippen LogP contribution is -2.49. The summed E-state index contributed by atoms with van der Waals surface area (Å²) in [6.45, 7) is 12.9. The van der Waals surface area contributed by atoms with Crippen LogP contribution < -0.4 is 10.2 Å². The van der Waals surface area contributed by atoms with Gasteiger partial charge in [0.25, 0.3) is 0 Å². The molecule has 0 unspecified atom stereocenters. The Morgan fingerprint density at radius 2 is 1.79 bits per heavy atom. The van der Waals surface area contributed by atoms with E-state index in [0.29, 0.717) is 24.9 Å². The number of amides is 4. The molecule has 5 rings (SSSR count). The molecule has 0 aromatic carbocycles. The van der Waals surface area contributed by atoms with Crippen LogP contribution in [0.5, 0.6) is 0 Å². The van der Waals surface area contributed by atoms with E-state index >= 15 is 0 Å². The fourth-order valence-electron chi connectivity index (χ4n) is 5.89. The second kappa shape index (κ2) is 10.6. The molecule has 0 radical (unpaired) electrons. The molecule has 3 aliphatic heterocycles.